The molecule has 1 aliphatic carbocycles. The third kappa shape index (κ3) is 2.63. The van der Waals surface area contributed by atoms with Crippen LogP contribution >= 0.6 is 11.3 Å². The summed E-state index contributed by atoms with van der Waals surface area (Å²) >= 11 is 1.85. The van der Waals surface area contributed by atoms with E-state index in [1.54, 1.807) is 6.33 Å². The van der Waals surface area contributed by atoms with Crippen LogP contribution in [0.15, 0.2) is 6.33 Å². The molecule has 2 aliphatic rings. The van der Waals surface area contributed by atoms with E-state index in [9.17, 15) is 0 Å². The van der Waals surface area contributed by atoms with Gasteiger partial charge in [0.1, 0.15) is 11.2 Å². The van der Waals surface area contributed by atoms with Crippen LogP contribution in [0.1, 0.15) is 29.7 Å². The van der Waals surface area contributed by atoms with Crippen molar-refractivity contribution in [2.24, 2.45) is 0 Å². The fourth-order valence-electron chi connectivity index (χ4n) is 3.18. The third-order valence-corrected chi connectivity index (χ3v) is 5.48. The Balaban J connectivity index is 1.72. The number of fused-ring (bicyclic) bond motifs is 3. The number of rotatable bonds is 2. The zero-order valence-corrected chi connectivity index (χ0v) is 12.9. The quantitative estimate of drug-likeness (QED) is 0.864. The number of ether oxygens (including phenoxy) is 1. The van der Waals surface area contributed by atoms with Gasteiger partial charge >= 0.3 is 0 Å². The van der Waals surface area contributed by atoms with Gasteiger partial charge in [0.25, 0.3) is 0 Å². The predicted molar refractivity (Wildman–Crippen MR) is 84.7 cm³/mol. The monoisotopic (exact) mass is 304 g/mol. The lowest BCUT2D eigenvalue weighted by molar-refractivity contribution is 0.0495. The number of anilines is 1. The molecule has 0 atom stereocenters. The molecule has 0 amide bonds. The molecule has 5 nitrogen and oxygen atoms in total. The Morgan fingerprint density at radius 2 is 1.95 bits per heavy atom. The molecule has 0 radical (unpaired) electrons. The van der Waals surface area contributed by atoms with Gasteiger partial charge < -0.3 is 10.2 Å². The average molecular weight is 304 g/mol. The first-order chi connectivity index (χ1) is 10.4. The first-order valence-electron chi connectivity index (χ1n) is 7.76. The van der Waals surface area contributed by atoms with Crippen LogP contribution in [0, 0.1) is 0 Å². The number of morpholine rings is 1. The Bertz CT molecular complexity index is 636. The van der Waals surface area contributed by atoms with E-state index in [-0.39, 0.29) is 0 Å². The van der Waals surface area contributed by atoms with Gasteiger partial charge in [-0.1, -0.05) is 6.42 Å². The number of nitrogens with zero attached hydrogens (tertiary/aromatic N) is 3. The number of aryl methyl sites for hydroxylation is 2. The van der Waals surface area contributed by atoms with Crippen molar-refractivity contribution in [2.75, 3.05) is 31.7 Å². The number of thiophene rings is 1. The molecule has 0 aromatic carbocycles. The second-order valence-corrected chi connectivity index (χ2v) is 6.76. The first-order valence-corrected chi connectivity index (χ1v) is 8.58. The van der Waals surface area contributed by atoms with Gasteiger partial charge in [-0.15, -0.1) is 11.3 Å². The SMILES string of the molecule is c1nc(NN2CCOCC2)c2c3c(sc2n1)CCCCC3. The van der Waals surface area contributed by atoms with Gasteiger partial charge in [-0.25, -0.2) is 15.0 Å². The molecular formula is C15H20N4OS. The van der Waals surface area contributed by atoms with E-state index in [2.05, 4.69) is 20.4 Å². The highest BCUT2D eigenvalue weighted by Gasteiger charge is 2.20. The van der Waals surface area contributed by atoms with Gasteiger partial charge in [-0.3, -0.25) is 0 Å². The molecular weight excluding hydrogens is 284 g/mol. The second-order valence-electron chi connectivity index (χ2n) is 5.68. The van der Waals surface area contributed by atoms with Crippen LogP contribution in [0.25, 0.3) is 10.2 Å². The molecule has 0 spiro atoms. The number of nitrogens with one attached hydrogen (secondary N) is 1. The van der Waals surface area contributed by atoms with E-state index in [0.717, 1.165) is 37.0 Å². The molecule has 1 fully saturated rings. The molecule has 2 aromatic heterocycles. The van der Waals surface area contributed by atoms with Gasteiger partial charge in [0, 0.05) is 18.0 Å². The van der Waals surface area contributed by atoms with Gasteiger partial charge in [0.05, 0.1) is 18.6 Å². The predicted octanol–water partition coefficient (Wildman–Crippen LogP) is 2.62. The van der Waals surface area contributed by atoms with Crippen LogP contribution in [0.2, 0.25) is 0 Å². The summed E-state index contributed by atoms with van der Waals surface area (Å²) in [4.78, 5) is 11.7. The van der Waals surface area contributed by atoms with Crippen molar-refractivity contribution >= 4 is 27.4 Å². The van der Waals surface area contributed by atoms with E-state index in [1.165, 1.54) is 47.9 Å². The maximum absolute atomic E-state index is 5.40. The maximum atomic E-state index is 5.40. The Labute approximate surface area is 128 Å². The van der Waals surface area contributed by atoms with Gasteiger partial charge in [-0.05, 0) is 31.2 Å². The van der Waals surface area contributed by atoms with Crippen LogP contribution < -0.4 is 5.43 Å². The van der Waals surface area contributed by atoms with Crippen LogP contribution in [-0.4, -0.2) is 41.3 Å². The van der Waals surface area contributed by atoms with Gasteiger partial charge in [0.2, 0.25) is 0 Å². The average Bonchev–Trinajstić information content (AvgIpc) is 2.72. The lowest BCUT2D eigenvalue weighted by Gasteiger charge is -2.27. The maximum Gasteiger partial charge on any atom is 0.152 e. The molecule has 4 rings (SSSR count). The van der Waals surface area contributed by atoms with Crippen molar-refractivity contribution in [1.82, 2.24) is 15.0 Å². The van der Waals surface area contributed by atoms with E-state index < -0.39 is 0 Å². The Hall–Kier alpha value is -1.24. The summed E-state index contributed by atoms with van der Waals surface area (Å²) in [5.74, 6) is 0.973. The highest BCUT2D eigenvalue weighted by atomic mass is 32.1. The highest BCUT2D eigenvalue weighted by Crippen LogP contribution is 2.37. The standard InChI is InChI=1S/C15H20N4OS/c1-2-4-11-12(5-3-1)21-15-13(11)14(16-10-17-15)18-19-6-8-20-9-7-19/h10H,1-9H2,(H,16,17,18). The van der Waals surface area contributed by atoms with E-state index >= 15 is 0 Å². The molecule has 1 saturated heterocycles. The van der Waals surface area contributed by atoms with Crippen LogP contribution in [0.3, 0.4) is 0 Å². The molecule has 112 valence electrons. The van der Waals surface area contributed by atoms with Crippen molar-refractivity contribution in [3.63, 3.8) is 0 Å². The smallest absolute Gasteiger partial charge is 0.152 e. The largest absolute Gasteiger partial charge is 0.379 e. The fourth-order valence-corrected chi connectivity index (χ4v) is 4.41. The first kappa shape index (κ1) is 13.4. The number of hydrazine groups is 1. The van der Waals surface area contributed by atoms with Crippen LogP contribution in [-0.2, 0) is 17.6 Å². The molecule has 1 N–H and O–H groups in total. The zero-order chi connectivity index (χ0) is 14.1. The topological polar surface area (TPSA) is 50.3 Å². The Kier molecular flexibility index (Phi) is 3.75. The van der Waals surface area contributed by atoms with Gasteiger partial charge in [-0.2, -0.15) is 0 Å². The minimum Gasteiger partial charge on any atom is -0.379 e. The molecule has 6 heteroatoms. The lowest BCUT2D eigenvalue weighted by atomic mass is 10.1. The van der Waals surface area contributed by atoms with Gasteiger partial charge in [0.15, 0.2) is 5.82 Å². The normalized spacial score (nSPS) is 20.2. The highest BCUT2D eigenvalue weighted by molar-refractivity contribution is 7.18. The summed E-state index contributed by atoms with van der Waals surface area (Å²) in [5, 5.41) is 3.46. The minimum absolute atomic E-state index is 0.781. The fraction of sp³-hybridized carbons (Fsp3) is 0.600. The second kappa shape index (κ2) is 5.87. The summed E-state index contributed by atoms with van der Waals surface area (Å²) in [6.07, 6.45) is 7.97. The van der Waals surface area contributed by atoms with Crippen molar-refractivity contribution in [3.8, 4) is 0 Å². The molecule has 0 saturated carbocycles. The summed E-state index contributed by atoms with van der Waals surface area (Å²) in [6.45, 7) is 3.36. The van der Waals surface area contributed by atoms with Crippen molar-refractivity contribution in [3.05, 3.63) is 16.8 Å². The van der Waals surface area contributed by atoms with Crippen molar-refractivity contribution < 1.29 is 4.74 Å². The summed E-state index contributed by atoms with van der Waals surface area (Å²) in [5.41, 5.74) is 4.98. The van der Waals surface area contributed by atoms with E-state index in [0.29, 0.717) is 0 Å². The molecule has 0 unspecified atom stereocenters. The number of hydrogen-bond donors (Lipinski definition) is 1. The van der Waals surface area contributed by atoms with Crippen LogP contribution in [0.5, 0.6) is 0 Å². The number of hydrogen-bond acceptors (Lipinski definition) is 6. The molecule has 1 aliphatic heterocycles. The van der Waals surface area contributed by atoms with Crippen molar-refractivity contribution in [2.45, 2.75) is 32.1 Å². The molecule has 21 heavy (non-hydrogen) atoms. The molecule has 3 heterocycles. The third-order valence-electron chi connectivity index (χ3n) is 4.28. The zero-order valence-electron chi connectivity index (χ0n) is 12.1. The summed E-state index contributed by atoms with van der Waals surface area (Å²) < 4.78 is 5.40. The Morgan fingerprint density at radius 1 is 1.10 bits per heavy atom. The number of aromatic nitrogens is 2. The molecule has 2 aromatic rings. The molecule has 0 bridgehead atoms. The van der Waals surface area contributed by atoms with Crippen LogP contribution in [0.4, 0.5) is 5.82 Å². The summed E-state index contributed by atoms with van der Waals surface area (Å²) in [6, 6.07) is 0. The van der Waals surface area contributed by atoms with E-state index in [1.807, 2.05) is 11.3 Å². The Morgan fingerprint density at radius 3 is 2.86 bits per heavy atom. The van der Waals surface area contributed by atoms with E-state index in [4.69, 9.17) is 4.74 Å². The lowest BCUT2D eigenvalue weighted by Crippen LogP contribution is -2.40. The minimum atomic E-state index is 0.781. The summed E-state index contributed by atoms with van der Waals surface area (Å²) in [7, 11) is 0. The van der Waals surface area contributed by atoms with Crippen molar-refractivity contribution in [1.29, 1.82) is 0 Å².